The molecule has 0 aliphatic carbocycles. The van der Waals surface area contributed by atoms with Crippen LogP contribution in [0, 0.1) is 5.92 Å². The topological polar surface area (TPSA) is 81.1 Å². The minimum absolute atomic E-state index is 0.558. The molecule has 0 spiro atoms. The Morgan fingerprint density at radius 2 is 1.42 bits per heavy atom. The monoisotopic (exact) mass is 438 g/mol. The van der Waals surface area contributed by atoms with E-state index in [1.807, 2.05) is 11.8 Å². The molecule has 1 unspecified atom stereocenters. The Kier molecular flexibility index (Phi) is 6.63. The Bertz CT molecular complexity index is 924. The highest BCUT2D eigenvalue weighted by Gasteiger charge is 2.35. The number of piperidine rings is 3. The Balaban J connectivity index is 0.000000250. The van der Waals surface area contributed by atoms with Gasteiger partial charge in [-0.15, -0.1) is 0 Å². The molecule has 1 atom stereocenters. The van der Waals surface area contributed by atoms with E-state index in [0.717, 1.165) is 12.5 Å². The first-order valence-corrected chi connectivity index (χ1v) is 11.3. The highest BCUT2D eigenvalue weighted by Crippen LogP contribution is 2.48. The number of nitrogens with zero attached hydrogens (tertiary/aromatic N) is 2. The molecule has 3 fully saturated rings. The molecular weight excluding hydrogens is 412 g/mol. The second-order valence-corrected chi connectivity index (χ2v) is 9.11. The van der Waals surface area contributed by atoms with Crippen molar-refractivity contribution in [3.8, 4) is 0 Å². The van der Waals surface area contributed by atoms with Gasteiger partial charge in [0.1, 0.15) is 0 Å². The molecule has 162 valence electrons. The number of carboxylic acid groups (broad SMARTS) is 2. The van der Waals surface area contributed by atoms with Gasteiger partial charge in [-0.05, 0) is 62.5 Å². The molecule has 4 aliphatic rings. The summed E-state index contributed by atoms with van der Waals surface area (Å²) in [5.41, 5.74) is 2.78. The molecule has 7 heteroatoms. The lowest BCUT2D eigenvalue weighted by atomic mass is 9.83. The minimum atomic E-state index is -1.26. The molecule has 4 heterocycles. The molecule has 3 saturated heterocycles. The van der Waals surface area contributed by atoms with Gasteiger partial charge in [0.25, 0.3) is 0 Å². The van der Waals surface area contributed by atoms with Crippen molar-refractivity contribution in [3.05, 3.63) is 60.7 Å². The third-order valence-electron chi connectivity index (χ3n) is 6.06. The van der Waals surface area contributed by atoms with Gasteiger partial charge in [-0.1, -0.05) is 36.0 Å². The van der Waals surface area contributed by atoms with E-state index in [-0.39, 0.29) is 0 Å². The molecule has 6 nitrogen and oxygen atoms in total. The van der Waals surface area contributed by atoms with E-state index < -0.39 is 11.9 Å². The van der Waals surface area contributed by atoms with Crippen LogP contribution in [-0.4, -0.2) is 52.7 Å². The summed E-state index contributed by atoms with van der Waals surface area (Å²) < 4.78 is 0. The van der Waals surface area contributed by atoms with Gasteiger partial charge >= 0.3 is 11.9 Å². The van der Waals surface area contributed by atoms with E-state index in [1.165, 1.54) is 53.5 Å². The zero-order valence-electron chi connectivity index (χ0n) is 17.2. The van der Waals surface area contributed by atoms with Gasteiger partial charge in [0.2, 0.25) is 0 Å². The van der Waals surface area contributed by atoms with Crippen molar-refractivity contribution in [2.45, 2.75) is 35.1 Å². The third-order valence-corrected chi connectivity index (χ3v) is 7.20. The Hall–Kier alpha value is -2.77. The molecule has 6 rings (SSSR count). The summed E-state index contributed by atoms with van der Waals surface area (Å²) in [6.07, 6.45) is 5.33. The van der Waals surface area contributed by atoms with Crippen LogP contribution in [0.2, 0.25) is 0 Å². The quantitative estimate of drug-likeness (QED) is 0.681. The fourth-order valence-electron chi connectivity index (χ4n) is 4.61. The molecule has 2 aromatic rings. The number of benzene rings is 2. The summed E-state index contributed by atoms with van der Waals surface area (Å²) in [6, 6.07) is 18.5. The molecule has 0 aromatic heterocycles. The molecule has 2 bridgehead atoms. The van der Waals surface area contributed by atoms with Crippen LogP contribution in [0.4, 0.5) is 11.4 Å². The lowest BCUT2D eigenvalue weighted by Crippen LogP contribution is -2.52. The Morgan fingerprint density at radius 3 is 1.87 bits per heavy atom. The van der Waals surface area contributed by atoms with Gasteiger partial charge in [-0.2, -0.15) is 0 Å². The predicted octanol–water partition coefficient (Wildman–Crippen LogP) is 4.49. The number of para-hydroxylation sites is 2. The van der Waals surface area contributed by atoms with Crippen LogP contribution in [0.25, 0.3) is 0 Å². The SMILES string of the molecule is O=C(O)C=CC(=O)O.c1ccc2c(c1)Sc1ccccc1N2CC1CC2CCN1CC2. The first-order valence-electron chi connectivity index (χ1n) is 10.5. The molecule has 2 aromatic carbocycles. The van der Waals surface area contributed by atoms with Crippen LogP contribution in [0.3, 0.4) is 0 Å². The summed E-state index contributed by atoms with van der Waals surface area (Å²) in [5.74, 6) is -1.55. The third kappa shape index (κ3) is 5.11. The highest BCUT2D eigenvalue weighted by atomic mass is 32.2. The van der Waals surface area contributed by atoms with Crippen LogP contribution in [0.1, 0.15) is 19.3 Å². The fraction of sp³-hybridized carbons (Fsp3) is 0.333. The van der Waals surface area contributed by atoms with Crippen molar-refractivity contribution in [1.29, 1.82) is 0 Å². The second kappa shape index (κ2) is 9.58. The van der Waals surface area contributed by atoms with Gasteiger partial charge in [0.15, 0.2) is 0 Å². The summed E-state index contributed by atoms with van der Waals surface area (Å²) in [6.45, 7) is 3.74. The lowest BCUT2D eigenvalue weighted by molar-refractivity contribution is -0.134. The maximum absolute atomic E-state index is 9.55. The van der Waals surface area contributed by atoms with E-state index in [4.69, 9.17) is 10.2 Å². The van der Waals surface area contributed by atoms with E-state index in [9.17, 15) is 9.59 Å². The largest absolute Gasteiger partial charge is 0.478 e. The van der Waals surface area contributed by atoms with Crippen LogP contribution in [0.15, 0.2) is 70.5 Å². The molecular formula is C24H26N2O4S. The maximum atomic E-state index is 9.55. The molecule has 0 amide bonds. The zero-order chi connectivity index (χ0) is 21.8. The predicted molar refractivity (Wildman–Crippen MR) is 121 cm³/mol. The van der Waals surface area contributed by atoms with Gasteiger partial charge < -0.3 is 15.1 Å². The van der Waals surface area contributed by atoms with Gasteiger partial charge in [-0.3, -0.25) is 4.90 Å². The van der Waals surface area contributed by atoms with Crippen molar-refractivity contribution >= 4 is 35.1 Å². The first-order chi connectivity index (χ1) is 15.0. The molecule has 2 N–H and O–H groups in total. The first kappa shape index (κ1) is 21.5. The standard InChI is InChI=1S/C20H22N2S.C4H4O4/c1-3-7-19-17(5-1)22(18-6-2-4-8-20(18)23-19)14-16-13-15-9-11-21(16)12-10-15;5-3(6)1-2-4(7)8/h1-8,15-16H,9-14H2;1-2H,(H,5,6)(H,7,8). The summed E-state index contributed by atoms with van der Waals surface area (Å²) in [5, 5.41) is 15.6. The van der Waals surface area contributed by atoms with Gasteiger partial charge in [-0.25, -0.2) is 9.59 Å². The number of fused-ring (bicyclic) bond motifs is 5. The molecule has 31 heavy (non-hydrogen) atoms. The summed E-state index contributed by atoms with van der Waals surface area (Å²) in [4.78, 5) is 27.2. The second-order valence-electron chi connectivity index (χ2n) is 8.03. The average molecular weight is 439 g/mol. The van der Waals surface area contributed by atoms with E-state index in [1.54, 1.807) is 0 Å². The highest BCUT2D eigenvalue weighted by molar-refractivity contribution is 7.99. The van der Waals surface area contributed by atoms with E-state index in [2.05, 4.69) is 58.3 Å². The zero-order valence-corrected chi connectivity index (χ0v) is 18.0. The van der Waals surface area contributed by atoms with Crippen molar-refractivity contribution in [3.63, 3.8) is 0 Å². The number of anilines is 2. The van der Waals surface area contributed by atoms with Crippen LogP contribution >= 0.6 is 11.8 Å². The Labute approximate surface area is 186 Å². The number of aliphatic carboxylic acids is 2. The van der Waals surface area contributed by atoms with Crippen LogP contribution in [0.5, 0.6) is 0 Å². The summed E-state index contributed by atoms with van der Waals surface area (Å²) in [7, 11) is 0. The van der Waals surface area contributed by atoms with Crippen LogP contribution in [-0.2, 0) is 9.59 Å². The number of carboxylic acids is 2. The van der Waals surface area contributed by atoms with Crippen molar-refractivity contribution in [1.82, 2.24) is 4.90 Å². The van der Waals surface area contributed by atoms with Gasteiger partial charge in [0.05, 0.1) is 11.4 Å². The number of hydrogen-bond acceptors (Lipinski definition) is 5. The molecule has 4 aliphatic heterocycles. The van der Waals surface area contributed by atoms with Crippen LogP contribution < -0.4 is 4.90 Å². The molecule has 0 radical (unpaired) electrons. The van der Waals surface area contributed by atoms with Crippen molar-refractivity contribution in [2.75, 3.05) is 24.5 Å². The maximum Gasteiger partial charge on any atom is 0.328 e. The normalized spacial score (nSPS) is 23.5. The van der Waals surface area contributed by atoms with E-state index in [0.29, 0.717) is 18.2 Å². The molecule has 0 saturated carbocycles. The Morgan fingerprint density at radius 1 is 0.903 bits per heavy atom. The van der Waals surface area contributed by atoms with Crippen molar-refractivity contribution < 1.29 is 19.8 Å². The van der Waals surface area contributed by atoms with Gasteiger partial charge in [0, 0.05) is 34.5 Å². The van der Waals surface area contributed by atoms with Crippen molar-refractivity contribution in [2.24, 2.45) is 5.92 Å². The lowest BCUT2D eigenvalue weighted by Gasteiger charge is -2.48. The number of rotatable bonds is 4. The smallest absolute Gasteiger partial charge is 0.328 e. The van der Waals surface area contributed by atoms with E-state index >= 15 is 0 Å². The number of carbonyl (C=O) groups is 2. The average Bonchev–Trinajstić information content (AvgIpc) is 2.79. The number of hydrogen-bond donors (Lipinski definition) is 2. The fourth-order valence-corrected chi connectivity index (χ4v) is 5.70. The minimum Gasteiger partial charge on any atom is -0.478 e. The summed E-state index contributed by atoms with van der Waals surface area (Å²) >= 11 is 1.91.